The smallest absolute Gasteiger partial charge is 0.417 e. The van der Waals surface area contributed by atoms with Crippen LogP contribution < -0.4 is 0 Å². The van der Waals surface area contributed by atoms with Crippen LogP contribution in [0, 0.1) is 5.41 Å². The molecule has 0 spiro atoms. The SMILES string of the molecule is CC(C)(C)OC(=O)N1C(=O)[C@@]2(C)CC[C@@H](I)[C@H]1C2. The van der Waals surface area contributed by atoms with Gasteiger partial charge in [0.25, 0.3) is 0 Å². The van der Waals surface area contributed by atoms with Gasteiger partial charge in [-0.15, -0.1) is 0 Å². The van der Waals surface area contributed by atoms with E-state index in [1.807, 2.05) is 27.7 Å². The molecule has 2 rings (SSSR count). The molecular formula is C13H20INO3. The molecule has 18 heavy (non-hydrogen) atoms. The van der Waals surface area contributed by atoms with Crippen molar-refractivity contribution in [1.29, 1.82) is 0 Å². The van der Waals surface area contributed by atoms with E-state index in [2.05, 4.69) is 22.6 Å². The lowest BCUT2D eigenvalue weighted by molar-refractivity contribution is -0.134. The van der Waals surface area contributed by atoms with Crippen LogP contribution in [0.2, 0.25) is 0 Å². The Balaban J connectivity index is 2.22. The highest BCUT2D eigenvalue weighted by atomic mass is 127. The van der Waals surface area contributed by atoms with Gasteiger partial charge in [0.05, 0.1) is 6.04 Å². The molecule has 1 aliphatic carbocycles. The number of carbonyl (C=O) groups excluding carboxylic acids is 2. The Bertz CT molecular complexity index is 390. The van der Waals surface area contributed by atoms with Crippen LogP contribution in [0.15, 0.2) is 0 Å². The number of hydrogen-bond donors (Lipinski definition) is 0. The lowest BCUT2D eigenvalue weighted by Crippen LogP contribution is -2.45. The van der Waals surface area contributed by atoms with Gasteiger partial charge in [0.2, 0.25) is 5.91 Å². The van der Waals surface area contributed by atoms with Gasteiger partial charge in [0, 0.05) is 9.34 Å². The second-order valence-corrected chi connectivity index (χ2v) is 8.14. The molecule has 1 saturated carbocycles. The number of halogens is 1. The molecule has 3 atom stereocenters. The minimum Gasteiger partial charge on any atom is -0.443 e. The van der Waals surface area contributed by atoms with Crippen LogP contribution in [0.3, 0.4) is 0 Å². The second-order valence-electron chi connectivity index (χ2n) is 6.54. The first-order valence-corrected chi connectivity index (χ1v) is 7.59. The number of alkyl halides is 1. The molecule has 102 valence electrons. The van der Waals surface area contributed by atoms with Crippen molar-refractivity contribution >= 4 is 34.6 Å². The number of carbonyl (C=O) groups is 2. The molecule has 2 fully saturated rings. The third-order valence-electron chi connectivity index (χ3n) is 3.71. The average Bonchev–Trinajstić information content (AvgIpc) is 2.42. The molecule has 2 amide bonds. The minimum atomic E-state index is -0.560. The molecule has 0 aromatic heterocycles. The van der Waals surface area contributed by atoms with E-state index in [1.54, 1.807) is 0 Å². The van der Waals surface area contributed by atoms with E-state index in [0.717, 1.165) is 19.3 Å². The van der Waals surface area contributed by atoms with Crippen molar-refractivity contribution in [3.05, 3.63) is 0 Å². The van der Waals surface area contributed by atoms with Crippen LogP contribution in [0.5, 0.6) is 0 Å². The molecule has 0 unspecified atom stereocenters. The molecule has 2 aliphatic rings. The van der Waals surface area contributed by atoms with E-state index >= 15 is 0 Å². The fourth-order valence-electron chi connectivity index (χ4n) is 2.76. The molecule has 1 aliphatic heterocycles. The number of nitrogens with zero attached hydrogens (tertiary/aromatic N) is 1. The highest BCUT2D eigenvalue weighted by Crippen LogP contribution is 2.48. The number of fused-ring (bicyclic) bond motifs is 2. The lowest BCUT2D eigenvalue weighted by atomic mass is 9.77. The van der Waals surface area contributed by atoms with Gasteiger partial charge in [-0.25, -0.2) is 9.69 Å². The zero-order valence-corrected chi connectivity index (χ0v) is 13.5. The Morgan fingerprint density at radius 1 is 1.50 bits per heavy atom. The summed E-state index contributed by atoms with van der Waals surface area (Å²) in [7, 11) is 0. The maximum atomic E-state index is 12.4. The summed E-state index contributed by atoms with van der Waals surface area (Å²) in [4.78, 5) is 26.0. The molecule has 0 aromatic rings. The van der Waals surface area contributed by atoms with Crippen molar-refractivity contribution in [3.8, 4) is 0 Å². The van der Waals surface area contributed by atoms with Gasteiger partial charge >= 0.3 is 6.09 Å². The summed E-state index contributed by atoms with van der Waals surface area (Å²) in [5.74, 6) is -0.0547. The molecule has 5 heteroatoms. The fourth-order valence-corrected chi connectivity index (χ4v) is 3.65. The maximum Gasteiger partial charge on any atom is 0.417 e. The summed E-state index contributed by atoms with van der Waals surface area (Å²) in [6, 6.07) is 0.00620. The highest BCUT2D eigenvalue weighted by Gasteiger charge is 2.56. The van der Waals surface area contributed by atoms with E-state index in [0.29, 0.717) is 3.92 Å². The summed E-state index contributed by atoms with van der Waals surface area (Å²) in [5, 5.41) is 0. The van der Waals surface area contributed by atoms with E-state index in [9.17, 15) is 9.59 Å². The first-order chi connectivity index (χ1) is 8.14. The number of ether oxygens (including phenoxy) is 1. The zero-order chi connectivity index (χ0) is 13.7. The number of likely N-dealkylation sites (tertiary alicyclic amines) is 1. The Morgan fingerprint density at radius 3 is 2.67 bits per heavy atom. The van der Waals surface area contributed by atoms with Gasteiger partial charge in [0.1, 0.15) is 5.60 Å². The lowest BCUT2D eigenvalue weighted by Gasteiger charge is -2.30. The monoisotopic (exact) mass is 365 g/mol. The highest BCUT2D eigenvalue weighted by molar-refractivity contribution is 14.1. The predicted molar refractivity (Wildman–Crippen MR) is 76.6 cm³/mol. The third kappa shape index (κ3) is 2.38. The van der Waals surface area contributed by atoms with E-state index < -0.39 is 11.7 Å². The van der Waals surface area contributed by atoms with Crippen LogP contribution in [0.4, 0.5) is 4.79 Å². The molecule has 1 saturated heterocycles. The molecule has 0 radical (unpaired) electrons. The van der Waals surface area contributed by atoms with E-state index in [1.165, 1.54) is 4.90 Å². The van der Waals surface area contributed by atoms with Gasteiger partial charge in [-0.1, -0.05) is 29.5 Å². The van der Waals surface area contributed by atoms with Crippen LogP contribution >= 0.6 is 22.6 Å². The summed E-state index contributed by atoms with van der Waals surface area (Å²) in [6.07, 6.45) is 2.16. The van der Waals surface area contributed by atoms with Gasteiger partial charge in [-0.05, 0) is 40.0 Å². The minimum absolute atomic E-state index is 0.00620. The second kappa shape index (κ2) is 4.35. The van der Waals surface area contributed by atoms with E-state index in [4.69, 9.17) is 4.74 Å². The van der Waals surface area contributed by atoms with Crippen LogP contribution in [0.1, 0.15) is 47.0 Å². The van der Waals surface area contributed by atoms with Gasteiger partial charge in [-0.3, -0.25) is 4.79 Å². The first-order valence-electron chi connectivity index (χ1n) is 6.35. The molecule has 1 heterocycles. The van der Waals surface area contributed by atoms with Crippen molar-refractivity contribution in [2.75, 3.05) is 0 Å². The van der Waals surface area contributed by atoms with Crippen LogP contribution in [-0.4, -0.2) is 32.5 Å². The maximum absolute atomic E-state index is 12.4. The number of imide groups is 1. The zero-order valence-electron chi connectivity index (χ0n) is 11.3. The topological polar surface area (TPSA) is 46.6 Å². The quantitative estimate of drug-likeness (QED) is 0.490. The summed E-state index contributed by atoms with van der Waals surface area (Å²) < 4.78 is 5.70. The molecule has 0 aromatic carbocycles. The van der Waals surface area contributed by atoms with Gasteiger partial charge in [-0.2, -0.15) is 0 Å². The number of rotatable bonds is 0. The molecule has 0 N–H and O–H groups in total. The molecule has 4 nitrogen and oxygen atoms in total. The largest absolute Gasteiger partial charge is 0.443 e. The Labute approximate surface area is 122 Å². The molecular weight excluding hydrogens is 345 g/mol. The van der Waals surface area contributed by atoms with Crippen molar-refractivity contribution in [3.63, 3.8) is 0 Å². The summed E-state index contributed by atoms with van der Waals surface area (Å²) in [5.41, 5.74) is -0.918. The molecule has 2 bridgehead atoms. The van der Waals surface area contributed by atoms with Crippen molar-refractivity contribution in [2.24, 2.45) is 5.41 Å². The Hall–Kier alpha value is -0.330. The standard InChI is InChI=1S/C13H20INO3/c1-12(2,3)18-11(17)15-9-7-13(4,10(15)16)6-5-8(9)14/h8-9H,5-7H2,1-4H3/t8-,9-,13+/m1/s1. The number of hydrogen-bond acceptors (Lipinski definition) is 3. The van der Waals surface area contributed by atoms with Gasteiger partial charge < -0.3 is 4.74 Å². The van der Waals surface area contributed by atoms with Crippen molar-refractivity contribution < 1.29 is 14.3 Å². The van der Waals surface area contributed by atoms with E-state index in [-0.39, 0.29) is 17.4 Å². The normalized spacial score (nSPS) is 35.8. The summed E-state index contributed by atoms with van der Waals surface area (Å²) in [6.45, 7) is 7.43. The Morgan fingerprint density at radius 2 is 2.11 bits per heavy atom. The van der Waals surface area contributed by atoms with Gasteiger partial charge in [0.15, 0.2) is 0 Å². The predicted octanol–water partition coefficient (Wildman–Crippen LogP) is 3.13. The number of amides is 2. The van der Waals surface area contributed by atoms with Crippen LogP contribution in [0.25, 0.3) is 0 Å². The van der Waals surface area contributed by atoms with Crippen molar-refractivity contribution in [1.82, 2.24) is 4.90 Å². The Kier molecular flexibility index (Phi) is 3.41. The van der Waals surface area contributed by atoms with Crippen LogP contribution in [-0.2, 0) is 9.53 Å². The fraction of sp³-hybridized carbons (Fsp3) is 0.846. The van der Waals surface area contributed by atoms with Crippen molar-refractivity contribution in [2.45, 2.75) is 62.5 Å². The average molecular weight is 365 g/mol. The third-order valence-corrected chi connectivity index (χ3v) is 5.16. The first kappa shape index (κ1) is 14.1. The summed E-state index contributed by atoms with van der Waals surface area (Å²) >= 11 is 2.35.